The van der Waals surface area contributed by atoms with Crippen LogP contribution in [0.5, 0.6) is 0 Å². The number of hydrogen-bond donors (Lipinski definition) is 1. The average Bonchev–Trinajstić information content (AvgIpc) is 3.50. The first kappa shape index (κ1) is 26.7. The van der Waals surface area contributed by atoms with Crippen molar-refractivity contribution < 1.29 is 14.3 Å². The predicted molar refractivity (Wildman–Crippen MR) is 158 cm³/mol. The number of non-ortho nitro benzene ring substituents is 1. The van der Waals surface area contributed by atoms with Gasteiger partial charge in [0.1, 0.15) is 12.6 Å². The third kappa shape index (κ3) is 4.14. The number of nitro benzene ring substituents is 1. The van der Waals surface area contributed by atoms with Crippen molar-refractivity contribution in [2.24, 2.45) is 0 Å². The fourth-order valence-electron chi connectivity index (χ4n) is 5.86. The van der Waals surface area contributed by atoms with E-state index in [1.807, 2.05) is 82.0 Å². The Bertz CT molecular complexity index is 1970. The largest absolute Gasteiger partial charge is 0.762 e. The van der Waals surface area contributed by atoms with Gasteiger partial charge in [0.05, 0.1) is 10.5 Å². The van der Waals surface area contributed by atoms with E-state index in [-0.39, 0.29) is 11.3 Å². The number of anilines is 1. The van der Waals surface area contributed by atoms with E-state index in [0.29, 0.717) is 28.4 Å². The maximum atomic E-state index is 14.2. The molecule has 2 atom stereocenters. The Balaban J connectivity index is 1.71. The van der Waals surface area contributed by atoms with E-state index in [1.165, 1.54) is 12.1 Å². The Hall–Kier alpha value is -5.55. The van der Waals surface area contributed by atoms with Gasteiger partial charge in [-0.2, -0.15) is 5.26 Å². The lowest BCUT2D eigenvalue weighted by molar-refractivity contribution is -0.663. The van der Waals surface area contributed by atoms with E-state index in [2.05, 4.69) is 5.32 Å². The zero-order valence-corrected chi connectivity index (χ0v) is 22.7. The van der Waals surface area contributed by atoms with Gasteiger partial charge in [-0.15, -0.1) is 0 Å². The van der Waals surface area contributed by atoms with Gasteiger partial charge in [-0.3, -0.25) is 20.8 Å². The molecule has 1 aliphatic heterocycles. The second-order valence-corrected chi connectivity index (χ2v) is 10.4. The highest BCUT2D eigenvalue weighted by Gasteiger charge is 2.59. The van der Waals surface area contributed by atoms with Crippen LogP contribution in [0.25, 0.3) is 16.4 Å². The van der Waals surface area contributed by atoms with Crippen molar-refractivity contribution in [3.05, 3.63) is 146 Å². The molecule has 4 aromatic carbocycles. The van der Waals surface area contributed by atoms with Crippen LogP contribution in [0.4, 0.5) is 11.4 Å². The molecule has 9 nitrogen and oxygen atoms in total. The average molecular weight is 573 g/mol. The van der Waals surface area contributed by atoms with Crippen molar-refractivity contribution in [3.63, 3.8) is 0 Å². The Morgan fingerprint density at radius 3 is 2.48 bits per heavy atom. The van der Waals surface area contributed by atoms with Crippen LogP contribution in [-0.2, 0) is 16.8 Å². The van der Waals surface area contributed by atoms with Crippen LogP contribution in [0.2, 0.25) is 5.02 Å². The lowest BCUT2D eigenvalue weighted by atomic mass is 9.67. The topological polar surface area (TPSA) is 127 Å². The molecule has 10 heteroatoms. The fraction of sp³-hybridized carbons (Fsp3) is 0.0938. The number of imidazole rings is 1. The molecular weight excluding hydrogens is 552 g/mol. The van der Waals surface area contributed by atoms with Crippen molar-refractivity contribution in [1.82, 2.24) is 4.57 Å². The van der Waals surface area contributed by atoms with Gasteiger partial charge in [-0.1, -0.05) is 54.1 Å². The summed E-state index contributed by atoms with van der Waals surface area (Å²) >= 11 is 6.43. The molecule has 2 heterocycles. The molecule has 0 radical (unpaired) electrons. The van der Waals surface area contributed by atoms with Crippen molar-refractivity contribution in [2.45, 2.75) is 18.0 Å². The standard InChI is InChI=1S/C32H21ClN6O3/c33-24-12-15-27-26(16-24)32(31(40)36-27,23(17-34)18-35)30(22-10-13-25(14-11-22)39(41)42)38-20-37(19-21-6-2-1-3-7-21)28-8-4-5-9-29(28)38/h1-16,20,30H,19H2,(H,36,40). The number of nitrogens with zero attached hydrogens (tertiary/aromatic N) is 5. The minimum absolute atomic E-state index is 0.132. The Kier molecular flexibility index (Phi) is 6.63. The van der Waals surface area contributed by atoms with Gasteiger partial charge in [-0.05, 0) is 53.6 Å². The van der Waals surface area contributed by atoms with Crippen molar-refractivity contribution in [2.75, 3.05) is 5.32 Å². The third-order valence-corrected chi connectivity index (χ3v) is 7.90. The Morgan fingerprint density at radius 1 is 1.07 bits per heavy atom. The number of para-hydroxylation sites is 2. The monoisotopic (exact) mass is 572 g/mol. The molecule has 2 unspecified atom stereocenters. The van der Waals surface area contributed by atoms with Gasteiger partial charge in [0, 0.05) is 28.4 Å². The number of aromatic nitrogens is 2. The van der Waals surface area contributed by atoms with E-state index in [9.17, 15) is 25.6 Å². The molecule has 6 rings (SSSR count). The van der Waals surface area contributed by atoms with Crippen LogP contribution in [0.15, 0.2) is 109 Å². The molecule has 0 bridgehead atoms. The summed E-state index contributed by atoms with van der Waals surface area (Å²) in [5.74, 6) is 1.42. The SMILES string of the molecule is N#CC(=C=[N-])C1(C(c2ccc([N+](=O)[O-])cc2)n2c[n+](Cc3ccccc3)c3ccccc32)C(=O)Nc2ccc(Cl)cc21. The number of fused-ring (bicyclic) bond motifs is 2. The van der Waals surface area contributed by atoms with Crippen LogP contribution in [-0.4, -0.2) is 21.3 Å². The number of hydrogen-bond acceptors (Lipinski definition) is 4. The van der Waals surface area contributed by atoms with Gasteiger partial charge < -0.3 is 10.7 Å². The minimum atomic E-state index is -1.84. The number of carbonyl (C=O) groups is 1. The van der Waals surface area contributed by atoms with Gasteiger partial charge in [-0.25, -0.2) is 9.13 Å². The number of rotatable bonds is 7. The number of nitriles is 1. The van der Waals surface area contributed by atoms with Crippen molar-refractivity contribution in [1.29, 1.82) is 5.26 Å². The number of nitrogens with one attached hydrogen (secondary N) is 1. The highest BCUT2D eigenvalue weighted by molar-refractivity contribution is 6.31. The molecule has 5 aromatic rings. The summed E-state index contributed by atoms with van der Waals surface area (Å²) in [5.41, 5.74) is 1.60. The van der Waals surface area contributed by atoms with Crippen LogP contribution in [0.3, 0.4) is 0 Å². The predicted octanol–water partition coefficient (Wildman–Crippen LogP) is 5.71. The van der Waals surface area contributed by atoms with Gasteiger partial charge >= 0.3 is 0 Å². The smallest absolute Gasteiger partial charge is 0.269 e. The summed E-state index contributed by atoms with van der Waals surface area (Å²) in [6.07, 6.45) is 1.85. The maximum absolute atomic E-state index is 14.2. The van der Waals surface area contributed by atoms with E-state index >= 15 is 0 Å². The number of carbonyl (C=O) groups excluding carboxylic acids is 1. The Labute approximate surface area is 245 Å². The lowest BCUT2D eigenvalue weighted by Gasteiger charge is -2.33. The molecule has 0 spiro atoms. The van der Waals surface area contributed by atoms with Gasteiger partial charge in [0.15, 0.2) is 22.5 Å². The van der Waals surface area contributed by atoms with Gasteiger partial charge in [0.25, 0.3) is 5.69 Å². The molecular formula is C32H21ClN6O3. The summed E-state index contributed by atoms with van der Waals surface area (Å²) in [7, 11) is 0. The molecule has 0 fully saturated rings. The number of benzene rings is 4. The normalized spacial score (nSPS) is 16.2. The zero-order valence-electron chi connectivity index (χ0n) is 21.9. The lowest BCUT2D eigenvalue weighted by Crippen LogP contribution is -2.45. The maximum Gasteiger partial charge on any atom is 0.269 e. The van der Waals surface area contributed by atoms with Gasteiger partial charge in [0.2, 0.25) is 12.2 Å². The van der Waals surface area contributed by atoms with Crippen LogP contribution in [0, 0.1) is 21.4 Å². The van der Waals surface area contributed by atoms with E-state index in [1.54, 1.807) is 30.3 Å². The number of halogens is 1. The second-order valence-electron chi connectivity index (χ2n) is 9.93. The first-order valence-corrected chi connectivity index (χ1v) is 13.3. The quantitative estimate of drug-likeness (QED) is 0.0881. The first-order chi connectivity index (χ1) is 20.4. The van der Waals surface area contributed by atoms with Crippen LogP contribution in [0.1, 0.15) is 22.7 Å². The summed E-state index contributed by atoms with van der Waals surface area (Å²) in [6, 6.07) is 29.1. The number of nitro groups is 1. The summed E-state index contributed by atoms with van der Waals surface area (Å²) < 4.78 is 3.89. The molecule has 0 saturated heterocycles. The van der Waals surface area contributed by atoms with E-state index < -0.39 is 22.3 Å². The minimum Gasteiger partial charge on any atom is -0.762 e. The highest BCUT2D eigenvalue weighted by atomic mass is 35.5. The first-order valence-electron chi connectivity index (χ1n) is 12.9. The third-order valence-electron chi connectivity index (χ3n) is 7.67. The van der Waals surface area contributed by atoms with Crippen molar-refractivity contribution >= 4 is 45.8 Å². The van der Waals surface area contributed by atoms with Crippen molar-refractivity contribution in [3.8, 4) is 6.07 Å². The summed E-state index contributed by atoms with van der Waals surface area (Å²) in [5, 5.41) is 35.3. The molecule has 42 heavy (non-hydrogen) atoms. The molecule has 1 amide bonds. The molecule has 1 aromatic heterocycles. The molecule has 1 aliphatic rings. The zero-order chi connectivity index (χ0) is 29.4. The fourth-order valence-corrected chi connectivity index (χ4v) is 6.03. The van der Waals surface area contributed by atoms with Crippen LogP contribution < -0.4 is 9.88 Å². The molecule has 1 N–H and O–H groups in total. The Morgan fingerprint density at radius 2 is 1.79 bits per heavy atom. The molecule has 0 aliphatic carbocycles. The summed E-state index contributed by atoms with van der Waals surface area (Å²) in [4.78, 5) is 25.2. The number of amides is 1. The van der Waals surface area contributed by atoms with E-state index in [4.69, 9.17) is 11.6 Å². The molecule has 0 saturated carbocycles. The molecule has 204 valence electrons. The van der Waals surface area contributed by atoms with Crippen LogP contribution >= 0.6 is 11.6 Å². The summed E-state index contributed by atoms with van der Waals surface area (Å²) in [6.45, 7) is 0.510. The highest BCUT2D eigenvalue weighted by Crippen LogP contribution is 2.53. The second kappa shape index (κ2) is 10.5. The van der Waals surface area contributed by atoms with E-state index in [0.717, 1.165) is 16.6 Å².